The molecule has 0 N–H and O–H groups in total. The minimum absolute atomic E-state index is 0.0955. The number of ketones is 1. The molecular weight excluding hydrogens is 292 g/mol. The van der Waals surface area contributed by atoms with Crippen LogP contribution in [0.3, 0.4) is 0 Å². The van der Waals surface area contributed by atoms with E-state index < -0.39 is 5.92 Å². The number of nitrogens with zero attached hydrogens (tertiary/aromatic N) is 2. The molecule has 0 aliphatic carbocycles. The Balaban J connectivity index is 2.02. The zero-order valence-electron chi connectivity index (χ0n) is 11.0. The summed E-state index contributed by atoms with van der Waals surface area (Å²) in [6.45, 7) is 1.85. The molecule has 0 aliphatic heterocycles. The Bertz CT molecular complexity index is 660. The number of aryl methyl sites for hydroxylation is 2. The van der Waals surface area contributed by atoms with E-state index in [0.29, 0.717) is 22.9 Å². The molecule has 0 amide bonds. The number of halogens is 1. The molecule has 2 rings (SSSR count). The van der Waals surface area contributed by atoms with E-state index in [4.69, 9.17) is 11.6 Å². The summed E-state index contributed by atoms with van der Waals surface area (Å²) in [7, 11) is 0. The minimum atomic E-state index is -0.757. The molecule has 0 spiro atoms. The summed E-state index contributed by atoms with van der Waals surface area (Å²) in [5.41, 5.74) is 1.84. The Morgan fingerprint density at radius 3 is 2.95 bits per heavy atom. The van der Waals surface area contributed by atoms with E-state index in [2.05, 4.69) is 11.1 Å². The highest BCUT2D eigenvalue weighted by Crippen LogP contribution is 2.22. The summed E-state index contributed by atoms with van der Waals surface area (Å²) in [5, 5.41) is 12.3. The maximum atomic E-state index is 12.2. The van der Waals surface area contributed by atoms with Gasteiger partial charge in [-0.2, -0.15) is 5.26 Å². The van der Waals surface area contributed by atoms with Crippen LogP contribution in [0.15, 0.2) is 29.6 Å². The number of benzene rings is 1. The third-order valence-electron chi connectivity index (χ3n) is 2.88. The van der Waals surface area contributed by atoms with E-state index in [1.165, 1.54) is 11.3 Å². The Kier molecular flexibility index (Phi) is 4.89. The van der Waals surface area contributed by atoms with E-state index in [1.54, 1.807) is 6.07 Å². The summed E-state index contributed by atoms with van der Waals surface area (Å²) in [4.78, 5) is 16.4. The summed E-state index contributed by atoms with van der Waals surface area (Å²) >= 11 is 7.26. The van der Waals surface area contributed by atoms with Crippen molar-refractivity contribution < 1.29 is 4.79 Å². The van der Waals surface area contributed by atoms with Gasteiger partial charge >= 0.3 is 0 Å². The molecule has 3 nitrogen and oxygen atoms in total. The second-order valence-corrected chi connectivity index (χ2v) is 5.81. The van der Waals surface area contributed by atoms with Crippen molar-refractivity contribution >= 4 is 28.7 Å². The number of carbonyl (C=O) groups excluding carboxylic acids is 1. The largest absolute Gasteiger partial charge is 0.298 e. The van der Waals surface area contributed by atoms with E-state index in [1.807, 2.05) is 30.5 Å². The second-order valence-electron chi connectivity index (χ2n) is 4.49. The van der Waals surface area contributed by atoms with Crippen molar-refractivity contribution in [2.75, 3.05) is 0 Å². The van der Waals surface area contributed by atoms with Crippen molar-refractivity contribution in [2.24, 2.45) is 0 Å². The molecule has 1 aromatic heterocycles. The molecule has 0 fully saturated rings. The van der Waals surface area contributed by atoms with Gasteiger partial charge in [-0.25, -0.2) is 4.98 Å². The Morgan fingerprint density at radius 2 is 2.35 bits per heavy atom. The van der Waals surface area contributed by atoms with Gasteiger partial charge in [0.25, 0.3) is 0 Å². The Hall–Kier alpha value is -1.70. The average Bonchev–Trinajstić information content (AvgIpc) is 2.84. The molecule has 5 heteroatoms. The van der Waals surface area contributed by atoms with Gasteiger partial charge in [-0.05, 0) is 31.0 Å². The fourth-order valence-electron chi connectivity index (χ4n) is 1.87. The maximum Gasteiger partial charge on any atom is 0.157 e. The van der Waals surface area contributed by atoms with Crippen LogP contribution in [0.2, 0.25) is 5.02 Å². The molecule has 0 saturated heterocycles. The molecule has 1 atom stereocenters. The highest BCUT2D eigenvalue weighted by molar-refractivity contribution is 7.09. The van der Waals surface area contributed by atoms with Crippen molar-refractivity contribution in [2.45, 2.75) is 25.7 Å². The number of nitriles is 1. The normalized spacial score (nSPS) is 11.8. The summed E-state index contributed by atoms with van der Waals surface area (Å²) in [6, 6.07) is 9.46. The molecule has 20 heavy (non-hydrogen) atoms. The number of thiazole rings is 1. The highest BCUT2D eigenvalue weighted by Gasteiger charge is 2.22. The molecule has 1 aromatic carbocycles. The van der Waals surface area contributed by atoms with Gasteiger partial charge < -0.3 is 0 Å². The predicted molar refractivity (Wildman–Crippen MR) is 80.0 cm³/mol. The maximum absolute atomic E-state index is 12.2. The first kappa shape index (κ1) is 14.7. The number of hydrogen-bond acceptors (Lipinski definition) is 4. The van der Waals surface area contributed by atoms with Crippen LogP contribution in [0.1, 0.15) is 28.6 Å². The lowest BCUT2D eigenvalue weighted by Gasteiger charge is -2.05. The van der Waals surface area contributed by atoms with Crippen molar-refractivity contribution in [1.82, 2.24) is 4.98 Å². The Morgan fingerprint density at radius 1 is 1.55 bits per heavy atom. The fourth-order valence-corrected chi connectivity index (χ4v) is 2.95. The first-order valence-corrected chi connectivity index (χ1v) is 7.44. The van der Waals surface area contributed by atoms with Gasteiger partial charge in [0.15, 0.2) is 11.7 Å². The number of carbonyl (C=O) groups is 1. The van der Waals surface area contributed by atoms with Crippen LogP contribution < -0.4 is 0 Å². The predicted octanol–water partition coefficient (Wildman–Crippen LogP) is 3.91. The third kappa shape index (κ3) is 3.66. The van der Waals surface area contributed by atoms with E-state index in [0.717, 1.165) is 11.3 Å². The Labute approximate surface area is 126 Å². The quantitative estimate of drug-likeness (QED) is 0.841. The van der Waals surface area contributed by atoms with Crippen LogP contribution >= 0.6 is 22.9 Å². The smallest absolute Gasteiger partial charge is 0.157 e. The van der Waals surface area contributed by atoms with Crippen LogP contribution in [-0.4, -0.2) is 10.8 Å². The number of Topliss-reactive ketones (excluding diaryl/α,β-unsaturated/α-hetero) is 1. The molecule has 0 aliphatic rings. The van der Waals surface area contributed by atoms with Gasteiger partial charge in [0, 0.05) is 22.5 Å². The SMILES string of the molecule is Cc1csc(C(C#N)C(=O)CCc2cccc(Cl)c2)n1. The first-order chi connectivity index (χ1) is 9.60. The van der Waals surface area contributed by atoms with Crippen LogP contribution in [0.4, 0.5) is 0 Å². The minimum Gasteiger partial charge on any atom is -0.298 e. The van der Waals surface area contributed by atoms with Crippen LogP contribution in [0.25, 0.3) is 0 Å². The monoisotopic (exact) mass is 304 g/mol. The zero-order chi connectivity index (χ0) is 14.5. The fraction of sp³-hybridized carbons (Fsp3) is 0.267. The number of rotatable bonds is 5. The molecule has 1 unspecified atom stereocenters. The van der Waals surface area contributed by atoms with Crippen molar-refractivity contribution in [1.29, 1.82) is 5.26 Å². The molecule has 1 heterocycles. The van der Waals surface area contributed by atoms with Crippen molar-refractivity contribution in [3.8, 4) is 6.07 Å². The van der Waals surface area contributed by atoms with Gasteiger partial charge in [0.05, 0.1) is 6.07 Å². The van der Waals surface area contributed by atoms with Gasteiger partial charge in [-0.1, -0.05) is 23.7 Å². The van der Waals surface area contributed by atoms with E-state index >= 15 is 0 Å². The molecule has 0 bridgehead atoms. The summed E-state index contributed by atoms with van der Waals surface area (Å²) in [6.07, 6.45) is 0.902. The second kappa shape index (κ2) is 6.65. The lowest BCUT2D eigenvalue weighted by molar-refractivity contribution is -0.119. The topological polar surface area (TPSA) is 53.8 Å². The van der Waals surface area contributed by atoms with Crippen molar-refractivity contribution in [3.05, 3.63) is 50.9 Å². The van der Waals surface area contributed by atoms with Gasteiger partial charge in [0.1, 0.15) is 5.01 Å². The van der Waals surface area contributed by atoms with Crippen LogP contribution in [-0.2, 0) is 11.2 Å². The van der Waals surface area contributed by atoms with Crippen LogP contribution in [0.5, 0.6) is 0 Å². The van der Waals surface area contributed by atoms with Crippen LogP contribution in [0, 0.1) is 18.3 Å². The molecule has 0 saturated carbocycles. The summed E-state index contributed by atoms with van der Waals surface area (Å²) in [5.74, 6) is -0.852. The van der Waals surface area contributed by atoms with E-state index in [9.17, 15) is 10.1 Å². The van der Waals surface area contributed by atoms with Crippen molar-refractivity contribution in [3.63, 3.8) is 0 Å². The number of hydrogen-bond donors (Lipinski definition) is 0. The lowest BCUT2D eigenvalue weighted by atomic mass is 9.99. The number of aromatic nitrogens is 1. The molecule has 0 radical (unpaired) electrons. The standard InChI is InChI=1S/C15H13ClN2OS/c1-10-9-20-15(18-10)13(8-17)14(19)6-5-11-3-2-4-12(16)7-11/h2-4,7,9,13H,5-6H2,1H3. The highest BCUT2D eigenvalue weighted by atomic mass is 35.5. The van der Waals surface area contributed by atoms with E-state index in [-0.39, 0.29) is 5.78 Å². The molecular formula is C15H13ClN2OS. The lowest BCUT2D eigenvalue weighted by Crippen LogP contribution is -2.11. The first-order valence-electron chi connectivity index (χ1n) is 6.19. The van der Waals surface area contributed by atoms with Gasteiger partial charge in [-0.15, -0.1) is 11.3 Å². The van der Waals surface area contributed by atoms with Gasteiger partial charge in [0.2, 0.25) is 0 Å². The molecule has 2 aromatic rings. The summed E-state index contributed by atoms with van der Waals surface area (Å²) < 4.78 is 0. The zero-order valence-corrected chi connectivity index (χ0v) is 12.5. The molecule has 102 valence electrons. The average molecular weight is 305 g/mol. The third-order valence-corrected chi connectivity index (χ3v) is 4.15. The van der Waals surface area contributed by atoms with Gasteiger partial charge in [-0.3, -0.25) is 4.79 Å².